The van der Waals surface area contributed by atoms with Gasteiger partial charge in [0, 0.05) is 5.56 Å². The van der Waals surface area contributed by atoms with Crippen molar-refractivity contribution in [3.63, 3.8) is 0 Å². The van der Waals surface area contributed by atoms with Gasteiger partial charge in [-0.2, -0.15) is 0 Å². The lowest BCUT2D eigenvalue weighted by Crippen LogP contribution is -2.30. The van der Waals surface area contributed by atoms with Crippen LogP contribution in [0.25, 0.3) is 0 Å². The van der Waals surface area contributed by atoms with Crippen LogP contribution < -0.4 is 4.90 Å². The van der Waals surface area contributed by atoms with Crippen LogP contribution in [0.1, 0.15) is 10.4 Å². The number of hydrogen-bond acceptors (Lipinski definition) is 4. The fourth-order valence-electron chi connectivity index (χ4n) is 2.22. The predicted octanol–water partition coefficient (Wildman–Crippen LogP) is 2.44. The van der Waals surface area contributed by atoms with Crippen LogP contribution in [0.4, 0.5) is 5.69 Å². The van der Waals surface area contributed by atoms with Crippen LogP contribution in [0.15, 0.2) is 47.4 Å². The Labute approximate surface area is 126 Å². The van der Waals surface area contributed by atoms with Crippen molar-refractivity contribution in [2.45, 2.75) is 4.90 Å². The van der Waals surface area contributed by atoms with Crippen molar-refractivity contribution in [1.29, 1.82) is 0 Å². The van der Waals surface area contributed by atoms with E-state index in [0.717, 1.165) is 0 Å². The molecule has 0 radical (unpaired) electrons. The van der Waals surface area contributed by atoms with Gasteiger partial charge in [0.15, 0.2) is 9.84 Å². The van der Waals surface area contributed by atoms with Crippen LogP contribution in [0.5, 0.6) is 5.75 Å². The van der Waals surface area contributed by atoms with Crippen LogP contribution in [0, 0.1) is 0 Å². The highest BCUT2D eigenvalue weighted by Gasteiger charge is 2.36. The first-order valence-electron chi connectivity index (χ1n) is 6.02. The van der Waals surface area contributed by atoms with Gasteiger partial charge < -0.3 is 5.11 Å². The van der Waals surface area contributed by atoms with Gasteiger partial charge >= 0.3 is 0 Å². The van der Waals surface area contributed by atoms with Gasteiger partial charge in [-0.3, -0.25) is 9.69 Å². The third-order valence-electron chi connectivity index (χ3n) is 3.23. The highest BCUT2D eigenvalue weighted by atomic mass is 35.5. The molecule has 0 unspecified atom stereocenters. The summed E-state index contributed by atoms with van der Waals surface area (Å²) >= 11 is 5.78. The van der Waals surface area contributed by atoms with Crippen molar-refractivity contribution < 1.29 is 18.3 Å². The number of carbonyl (C=O) groups excluding carboxylic acids is 1. The summed E-state index contributed by atoms with van der Waals surface area (Å²) in [6.45, 7) is 0. The van der Waals surface area contributed by atoms with E-state index in [-0.39, 0.29) is 21.2 Å². The largest absolute Gasteiger partial charge is 0.506 e. The molecule has 108 valence electrons. The van der Waals surface area contributed by atoms with Gasteiger partial charge in [-0.25, -0.2) is 8.42 Å². The molecule has 0 aromatic heterocycles. The van der Waals surface area contributed by atoms with Gasteiger partial charge in [-0.05, 0) is 30.3 Å². The van der Waals surface area contributed by atoms with Crippen molar-refractivity contribution in [2.24, 2.45) is 0 Å². The van der Waals surface area contributed by atoms with Gasteiger partial charge in [0.25, 0.3) is 5.91 Å². The Bertz CT molecular complexity index is 848. The smallest absolute Gasteiger partial charge is 0.259 e. The zero-order valence-corrected chi connectivity index (χ0v) is 12.2. The summed E-state index contributed by atoms with van der Waals surface area (Å²) in [7, 11) is -3.50. The van der Waals surface area contributed by atoms with Crippen LogP contribution >= 0.6 is 11.6 Å². The molecule has 0 atom stereocenters. The molecule has 0 saturated heterocycles. The minimum absolute atomic E-state index is 0.0381. The van der Waals surface area contributed by atoms with Gasteiger partial charge in [-0.1, -0.05) is 23.7 Å². The van der Waals surface area contributed by atoms with E-state index in [4.69, 9.17) is 11.6 Å². The summed E-state index contributed by atoms with van der Waals surface area (Å²) in [6.07, 6.45) is 0. The van der Waals surface area contributed by atoms with Crippen LogP contribution in [-0.2, 0) is 9.84 Å². The van der Waals surface area contributed by atoms with Gasteiger partial charge in [0.05, 0.1) is 15.6 Å². The van der Waals surface area contributed by atoms with Crippen molar-refractivity contribution in [1.82, 2.24) is 0 Å². The summed E-state index contributed by atoms with van der Waals surface area (Å²) in [4.78, 5) is 13.8. The summed E-state index contributed by atoms with van der Waals surface area (Å²) in [5.74, 6) is -1.02. The number of fused-ring (bicyclic) bond motifs is 1. The van der Waals surface area contributed by atoms with Crippen molar-refractivity contribution in [2.75, 3.05) is 10.8 Å². The van der Waals surface area contributed by atoms with E-state index in [1.165, 1.54) is 29.2 Å². The molecule has 3 rings (SSSR count). The van der Waals surface area contributed by atoms with Crippen molar-refractivity contribution >= 4 is 33.0 Å². The third kappa shape index (κ3) is 2.26. The molecule has 0 spiro atoms. The van der Waals surface area contributed by atoms with Crippen molar-refractivity contribution in [3.8, 4) is 5.75 Å². The number of nitrogens with zero attached hydrogens (tertiary/aromatic N) is 1. The summed E-state index contributed by atoms with van der Waals surface area (Å²) in [5.41, 5.74) is 0.566. The molecule has 2 aromatic rings. The number of halogens is 1. The molecule has 2 aromatic carbocycles. The van der Waals surface area contributed by atoms with Crippen LogP contribution in [-0.4, -0.2) is 25.3 Å². The first-order chi connectivity index (χ1) is 9.90. The predicted molar refractivity (Wildman–Crippen MR) is 78.4 cm³/mol. The first kappa shape index (κ1) is 13.9. The number of sulfone groups is 1. The molecule has 7 heteroatoms. The van der Waals surface area contributed by atoms with E-state index >= 15 is 0 Å². The standard InChI is InChI=1S/C14H10ClNO4S/c15-10-7-9(5-6-12(10)17)14(18)16-8-21(19,20)13-4-2-1-3-11(13)16/h1-7,17H,8H2. The maximum atomic E-state index is 12.5. The molecule has 0 saturated carbocycles. The molecule has 21 heavy (non-hydrogen) atoms. The Hall–Kier alpha value is -2.05. The topological polar surface area (TPSA) is 74.7 Å². The number of carbonyl (C=O) groups is 1. The lowest BCUT2D eigenvalue weighted by Gasteiger charge is -2.15. The molecule has 0 bridgehead atoms. The highest BCUT2D eigenvalue weighted by Crippen LogP contribution is 2.35. The number of phenolic OH excluding ortho intramolecular Hbond substituents is 1. The summed E-state index contributed by atoms with van der Waals surface area (Å²) in [6, 6.07) is 10.4. The number of para-hydroxylation sites is 1. The van der Waals surface area contributed by atoms with Gasteiger partial charge in [0.1, 0.15) is 11.6 Å². The summed E-state index contributed by atoms with van der Waals surface area (Å²) < 4.78 is 24.1. The Morgan fingerprint density at radius 2 is 1.90 bits per heavy atom. The third-order valence-corrected chi connectivity index (χ3v) is 5.15. The average Bonchev–Trinajstić information content (AvgIpc) is 2.74. The lowest BCUT2D eigenvalue weighted by atomic mass is 10.2. The Balaban J connectivity index is 2.06. The lowest BCUT2D eigenvalue weighted by molar-refractivity contribution is 0.0991. The fourth-order valence-corrected chi connectivity index (χ4v) is 3.91. The quantitative estimate of drug-likeness (QED) is 0.874. The zero-order valence-electron chi connectivity index (χ0n) is 10.7. The zero-order chi connectivity index (χ0) is 15.2. The number of phenols is 1. The molecule has 5 nitrogen and oxygen atoms in total. The Morgan fingerprint density at radius 1 is 1.19 bits per heavy atom. The molecule has 0 fully saturated rings. The molecule has 1 aliphatic heterocycles. The van der Waals surface area contributed by atoms with E-state index in [1.54, 1.807) is 18.2 Å². The minimum Gasteiger partial charge on any atom is -0.506 e. The van der Waals surface area contributed by atoms with Crippen LogP contribution in [0.3, 0.4) is 0 Å². The van der Waals surface area contributed by atoms with E-state index in [9.17, 15) is 18.3 Å². The van der Waals surface area contributed by atoms with E-state index in [2.05, 4.69) is 0 Å². The molecule has 1 aliphatic rings. The fraction of sp³-hybridized carbons (Fsp3) is 0.0714. The van der Waals surface area contributed by atoms with Gasteiger partial charge in [0.2, 0.25) is 0 Å². The van der Waals surface area contributed by atoms with Gasteiger partial charge in [-0.15, -0.1) is 0 Å². The number of benzene rings is 2. The average molecular weight is 324 g/mol. The van der Waals surface area contributed by atoms with E-state index in [0.29, 0.717) is 5.69 Å². The number of anilines is 1. The summed E-state index contributed by atoms with van der Waals surface area (Å²) in [5, 5.41) is 9.42. The second kappa shape index (κ2) is 4.75. The second-order valence-electron chi connectivity index (χ2n) is 4.61. The molecule has 1 heterocycles. The monoisotopic (exact) mass is 323 g/mol. The van der Waals surface area contributed by atoms with E-state index < -0.39 is 21.6 Å². The number of aromatic hydroxyl groups is 1. The molecule has 1 amide bonds. The minimum atomic E-state index is -3.50. The molecule has 0 aliphatic carbocycles. The molecule has 1 N–H and O–H groups in total. The number of rotatable bonds is 1. The number of hydrogen-bond donors (Lipinski definition) is 1. The van der Waals surface area contributed by atoms with E-state index in [1.807, 2.05) is 0 Å². The second-order valence-corrected chi connectivity index (χ2v) is 6.95. The molecular formula is C14H10ClNO4S. The normalized spacial score (nSPS) is 15.8. The van der Waals surface area contributed by atoms with Crippen LogP contribution in [0.2, 0.25) is 5.02 Å². The maximum absolute atomic E-state index is 12.5. The van der Waals surface area contributed by atoms with Crippen molar-refractivity contribution in [3.05, 3.63) is 53.1 Å². The Morgan fingerprint density at radius 3 is 2.62 bits per heavy atom. The first-order valence-corrected chi connectivity index (χ1v) is 8.05. The number of amides is 1. The highest BCUT2D eigenvalue weighted by molar-refractivity contribution is 7.92. The maximum Gasteiger partial charge on any atom is 0.259 e. The SMILES string of the molecule is O=C(c1ccc(O)c(Cl)c1)N1CS(=O)(=O)c2ccccc21. The Kier molecular flexibility index (Phi) is 3.15. The molecular weight excluding hydrogens is 314 g/mol.